The minimum Gasteiger partial charge on any atom is -0.417 e. The molecule has 12 rings (SSSR count). The number of halogens is 5. The molecule has 0 aliphatic carbocycles. The van der Waals surface area contributed by atoms with E-state index in [1.807, 2.05) is 134 Å². The van der Waals surface area contributed by atoms with Crippen molar-refractivity contribution >= 4 is 148 Å². The molecule has 0 saturated carbocycles. The number of hydrogen-bond acceptors (Lipinski definition) is 19. The van der Waals surface area contributed by atoms with Crippen LogP contribution in [0.1, 0.15) is 239 Å². The quantitative estimate of drug-likeness (QED) is 0.00574. The molecule has 2 unspecified atom stereocenters. The maximum Gasteiger partial charge on any atom is 1.00 e. The van der Waals surface area contributed by atoms with E-state index in [1.165, 1.54) is 45.9 Å². The molecule has 3 N–H and O–H groups in total. The van der Waals surface area contributed by atoms with E-state index >= 15 is 0 Å². The summed E-state index contributed by atoms with van der Waals surface area (Å²) in [5.41, 5.74) is 13.0. The predicted molar refractivity (Wildman–Crippen MR) is 527 cm³/mol. The summed E-state index contributed by atoms with van der Waals surface area (Å²) >= 11 is 29.0. The van der Waals surface area contributed by atoms with Crippen LogP contribution in [-0.2, 0) is 48.5 Å². The SMILES string of the molecule is C.C.C1CCOC1.CC(C)(C)[Si](C)(C)OCCCC(=O)c1ccccc1.Cc1sc(C2OCCO2)cc1Br.Cc1sc(C2OCCO2)cc1C(O)(CCCO[Si](C)(C)C(C)(C)C)c1ccccc1.Cc1sc(C=O)cc1/C(=C/CCO)c1ccccc1.Cc1sc(C=O)cc1C1(c2ccccc2)CCCO1.ClC(Cl)Cl.N=N/N=N/N=N/N=N/N=N/N=NCl.[CH2-]CCC.[Li+]. The van der Waals surface area contributed by atoms with Crippen LogP contribution >= 0.6 is 108 Å². The van der Waals surface area contributed by atoms with Gasteiger partial charge in [0.2, 0.25) is 0 Å². The van der Waals surface area contributed by atoms with Crippen LogP contribution < -0.4 is 18.9 Å². The second kappa shape index (κ2) is 65.0. The number of aryl methyl sites for hydroxylation is 4. The molecule has 2 atom stereocenters. The first-order chi connectivity index (χ1) is 59.6. The van der Waals surface area contributed by atoms with E-state index in [9.17, 15) is 19.5 Å². The van der Waals surface area contributed by atoms with E-state index in [-0.39, 0.29) is 74.4 Å². The van der Waals surface area contributed by atoms with Crippen molar-refractivity contribution in [3.8, 4) is 0 Å². The van der Waals surface area contributed by atoms with Gasteiger partial charge in [-0.15, -0.1) is 45.3 Å². The number of aliphatic hydroxyl groups is 2. The molecular formula is C91H130BrCl4LiN12O13S4Si2. The van der Waals surface area contributed by atoms with E-state index in [1.54, 1.807) is 34.0 Å². The first-order valence-corrected chi connectivity index (χ1v) is 52.6. The number of aliphatic hydroxyl groups excluding tert-OH is 1. The predicted octanol–water partition coefficient (Wildman–Crippen LogP) is 27.0. The molecule has 0 radical (unpaired) electrons. The van der Waals surface area contributed by atoms with Gasteiger partial charge in [0, 0.05) is 86.7 Å². The van der Waals surface area contributed by atoms with Gasteiger partial charge in [-0.1, -0.05) is 237 Å². The smallest absolute Gasteiger partial charge is 0.417 e. The number of ether oxygens (including phenoxy) is 6. The van der Waals surface area contributed by atoms with Gasteiger partial charge in [0.1, 0.15) is 11.2 Å². The molecule has 25 nitrogen and oxygen atoms in total. The summed E-state index contributed by atoms with van der Waals surface area (Å²) in [6, 6.07) is 47.9. The molecule has 0 bridgehead atoms. The minimum atomic E-state index is -1.80. The Morgan fingerprint density at radius 2 is 1.06 bits per heavy atom. The first-order valence-electron chi connectivity index (χ1n) is 41.1. The average molecular weight is 2010 g/mol. The number of benzene rings is 4. The summed E-state index contributed by atoms with van der Waals surface area (Å²) in [7, 11) is -3.46. The third-order valence-corrected chi connectivity index (χ3v) is 34.6. The summed E-state index contributed by atoms with van der Waals surface area (Å²) in [6.45, 7) is 43.3. The summed E-state index contributed by atoms with van der Waals surface area (Å²) in [5.74, 6) is 0.208. The topological polar surface area (TPSA) is 325 Å². The molecule has 4 fully saturated rings. The number of hydrogen-bond donors (Lipinski definition) is 3. The molecule has 4 aliphatic heterocycles. The fourth-order valence-corrected chi connectivity index (χ4v) is 18.5. The van der Waals surface area contributed by atoms with Gasteiger partial charge in [-0.3, -0.25) is 14.4 Å². The number of nitrogens with one attached hydrogen (secondary N) is 1. The Morgan fingerprint density at radius 3 is 1.48 bits per heavy atom. The van der Waals surface area contributed by atoms with Gasteiger partial charge in [-0.25, -0.2) is 0 Å². The monoisotopic (exact) mass is 2010 g/mol. The normalized spacial score (nSPS) is 15.7. The summed E-state index contributed by atoms with van der Waals surface area (Å²) < 4.78 is 48.7. The van der Waals surface area contributed by atoms with Crippen LogP contribution in [0.15, 0.2) is 213 Å². The number of thiophene rings is 4. The fourth-order valence-electron chi connectivity index (χ4n) is 11.9. The number of nitrogens with zero attached hydrogens (tertiary/aromatic N) is 11. The standard InChI is InChI=1S/C24H36O4SSi.2C16H16O2S.C16H26O2Si.C8H9BrO2S.C4H8O.C4H9.CHCl3.2CH4.ClHN12.Li/c1-18-20(17-21(29-18)22-26-15-16-27-22)24(25,19-11-8-7-9-12-19)13-10-14-28-30(5,6)23(2,3)4;1-12-15(10-14(11-17)19-12)16(8-5-9-18-16)13-6-3-2-4-7-13;1-12-16(10-14(11-18)19-12)15(8-5-9-17)13-6-3-2-4-7-13;1-16(2,3)19(4,5)18-13-9-12-15(17)14-10-7-6-8-11-14;1-5-6(9)4-7(12-5)8-10-2-3-11-8;1-2-4-5-3-1;1-3-4-2;2-1(3)4;;;1-3-5-7-9-11-13-12-10-8-6-4-2;/h7-9,11-12,17,22,25H,10,13-16H2,1-6H3;2-4,6-7,10-11H,5,8-9H2,1H3;2-4,6-8,10-11,17H,5,9H2,1H3;6-8,10-11H,9,12-13H2,1-5H3;4,8H,2-3H2,1H3;1-4H2;1,3-4H2,2H3;1H;2*1H4;2H;/q;;;;;;-1;;;;;+1/b;;15-8+;;;;;;;;4-2?,5-3?,8-6+,9-7+,12-10+,13-11+;. The number of aldehydes is 2. The van der Waals surface area contributed by atoms with Crippen molar-refractivity contribution in [3.63, 3.8) is 0 Å². The molecule has 0 spiro atoms. The number of Topliss-reactive ketones (excluding diaryl/α,β-unsaturated/α-hetero) is 1. The van der Waals surface area contributed by atoms with Gasteiger partial charge in [-0.2, -0.15) is 12.0 Å². The maximum atomic E-state index is 12.0. The van der Waals surface area contributed by atoms with Crippen LogP contribution in [-0.4, -0.2) is 116 Å². The van der Waals surface area contributed by atoms with Crippen molar-refractivity contribution in [2.45, 2.75) is 226 Å². The van der Waals surface area contributed by atoms with Gasteiger partial charge < -0.3 is 54.4 Å². The third kappa shape index (κ3) is 42.7. The molecule has 37 heteroatoms. The van der Waals surface area contributed by atoms with Crippen LogP contribution in [0, 0.1) is 40.1 Å². The molecule has 128 heavy (non-hydrogen) atoms. The number of ketones is 1. The molecule has 0 amide bonds. The summed E-state index contributed by atoms with van der Waals surface area (Å²) in [6.07, 6.45) is 13.6. The van der Waals surface area contributed by atoms with Crippen LogP contribution in [0.2, 0.25) is 36.3 Å². The average Bonchev–Trinajstić information content (AvgIpc) is 1.61. The second-order valence-electron chi connectivity index (χ2n) is 31.3. The Labute approximate surface area is 817 Å². The van der Waals surface area contributed by atoms with Crippen molar-refractivity contribution in [3.05, 3.63) is 241 Å². The molecular weight excluding hydrogens is 1880 g/mol. The van der Waals surface area contributed by atoms with Crippen LogP contribution in [0.25, 0.3) is 5.57 Å². The van der Waals surface area contributed by atoms with E-state index in [4.69, 9.17) is 94.5 Å². The van der Waals surface area contributed by atoms with Gasteiger partial charge in [0.05, 0.1) is 57.7 Å². The van der Waals surface area contributed by atoms with Crippen molar-refractivity contribution in [1.29, 1.82) is 5.53 Å². The maximum absolute atomic E-state index is 12.0. The zero-order valence-electron chi connectivity index (χ0n) is 75.2. The first kappa shape index (κ1) is 120. The second-order valence-corrected chi connectivity index (χ2v) is 49.0. The fraction of sp³-hybridized carbons (Fsp3) is 0.495. The third-order valence-electron chi connectivity index (χ3n) is 20.3. The van der Waals surface area contributed by atoms with Crippen LogP contribution in [0.3, 0.4) is 0 Å². The number of alkyl halides is 3. The van der Waals surface area contributed by atoms with Crippen molar-refractivity contribution < 1.29 is 80.7 Å². The Bertz CT molecular complexity index is 4550. The Hall–Kier alpha value is -5.70. The Kier molecular flexibility index (Phi) is 61.1. The number of carbonyl (C=O) groups is 3. The minimum absolute atomic E-state index is 0. The van der Waals surface area contributed by atoms with E-state index in [0.717, 1.165) is 137 Å². The van der Waals surface area contributed by atoms with Gasteiger partial charge in [0.25, 0.3) is 0 Å². The largest absolute Gasteiger partial charge is 1.00 e. The molecule has 8 aromatic rings. The van der Waals surface area contributed by atoms with Crippen molar-refractivity contribution in [2.75, 3.05) is 66.1 Å². The molecule has 4 aliphatic rings. The Balaban J connectivity index is 0.000000757. The van der Waals surface area contributed by atoms with Crippen LogP contribution in [0.4, 0.5) is 0 Å². The van der Waals surface area contributed by atoms with Gasteiger partial charge in [-0.05, 0) is 236 Å². The van der Waals surface area contributed by atoms with Crippen LogP contribution in [0.5, 0.6) is 0 Å². The number of unbranched alkanes of at least 4 members (excludes halogenated alkanes) is 1. The van der Waals surface area contributed by atoms with Gasteiger partial charge >= 0.3 is 18.9 Å². The molecule has 4 saturated heterocycles. The summed E-state index contributed by atoms with van der Waals surface area (Å²) in [5, 5.41) is 49.9. The number of carbonyl (C=O) groups excluding carboxylic acids is 3. The Morgan fingerprint density at radius 1 is 0.617 bits per heavy atom. The van der Waals surface area contributed by atoms with Crippen molar-refractivity contribution in [2.24, 2.45) is 56.9 Å². The van der Waals surface area contributed by atoms with E-state index in [0.29, 0.717) is 58.9 Å². The van der Waals surface area contributed by atoms with E-state index < -0.39 is 26.5 Å². The van der Waals surface area contributed by atoms with Crippen molar-refractivity contribution in [1.82, 2.24) is 0 Å². The molecule has 4 aromatic heterocycles. The number of rotatable bonds is 29. The van der Waals surface area contributed by atoms with E-state index in [2.05, 4.69) is 199 Å². The van der Waals surface area contributed by atoms with Gasteiger partial charge in [0.15, 0.2) is 51.9 Å². The molecule has 4 aromatic carbocycles. The zero-order valence-corrected chi connectivity index (χ0v) is 85.1. The zero-order chi connectivity index (χ0) is 92.3. The molecule has 8 heterocycles. The summed E-state index contributed by atoms with van der Waals surface area (Å²) in [4.78, 5) is 42.2. The molecule has 700 valence electrons.